The zero-order chi connectivity index (χ0) is 15.6. The van der Waals surface area contributed by atoms with Gasteiger partial charge in [0.05, 0.1) is 25.2 Å². The van der Waals surface area contributed by atoms with Crippen molar-refractivity contribution >= 4 is 17.6 Å². The van der Waals surface area contributed by atoms with Crippen LogP contribution in [0, 0.1) is 5.92 Å². The van der Waals surface area contributed by atoms with Crippen molar-refractivity contribution in [2.75, 3.05) is 20.8 Å². The lowest BCUT2D eigenvalue weighted by Gasteiger charge is -2.24. The molecule has 0 amide bonds. The van der Waals surface area contributed by atoms with E-state index in [0.29, 0.717) is 29.5 Å². The van der Waals surface area contributed by atoms with Gasteiger partial charge in [-0.2, -0.15) is 0 Å². The molecule has 1 aliphatic heterocycles. The molecule has 6 heteroatoms. The second kappa shape index (κ2) is 6.54. The number of methoxy groups -OCH3 is 2. The van der Waals surface area contributed by atoms with Crippen molar-refractivity contribution < 1.29 is 19.4 Å². The number of carboxylic acids is 1. The average molecular weight is 314 g/mol. The minimum Gasteiger partial charge on any atom is -0.493 e. The Bertz CT molecular complexity index is 535. The Morgan fingerprint density at radius 2 is 2.14 bits per heavy atom. The first-order chi connectivity index (χ1) is 9.99. The summed E-state index contributed by atoms with van der Waals surface area (Å²) < 4.78 is 10.5. The Kier molecular flexibility index (Phi) is 4.96. The topological polar surface area (TPSA) is 59.0 Å². The number of carboxylic acid groups (broad SMARTS) is 1. The number of carbonyl (C=O) groups is 1. The number of nitrogens with zero attached hydrogens (tertiary/aromatic N) is 1. The molecule has 1 heterocycles. The van der Waals surface area contributed by atoms with Gasteiger partial charge in [0, 0.05) is 12.6 Å². The molecule has 1 saturated heterocycles. The van der Waals surface area contributed by atoms with Crippen molar-refractivity contribution in [1.82, 2.24) is 4.90 Å². The Morgan fingerprint density at radius 3 is 2.67 bits per heavy atom. The molecule has 2 unspecified atom stereocenters. The van der Waals surface area contributed by atoms with Crippen molar-refractivity contribution in [1.29, 1.82) is 0 Å². The maximum atomic E-state index is 11.2. The highest BCUT2D eigenvalue weighted by Gasteiger charge is 2.35. The second-order valence-electron chi connectivity index (χ2n) is 5.22. The first-order valence-electron chi connectivity index (χ1n) is 6.85. The average Bonchev–Trinajstić information content (AvgIpc) is 2.82. The van der Waals surface area contributed by atoms with Crippen LogP contribution in [0.4, 0.5) is 0 Å². The second-order valence-corrected chi connectivity index (χ2v) is 5.60. The normalized spacial score (nSPS) is 22.3. The molecule has 1 aromatic rings. The lowest BCUT2D eigenvalue weighted by molar-refractivity contribution is -0.142. The third kappa shape index (κ3) is 3.09. The van der Waals surface area contributed by atoms with E-state index in [1.165, 1.54) is 0 Å². The number of hydrogen-bond acceptors (Lipinski definition) is 4. The molecule has 0 aromatic heterocycles. The van der Waals surface area contributed by atoms with Gasteiger partial charge in [-0.05, 0) is 31.5 Å². The van der Waals surface area contributed by atoms with Crippen LogP contribution in [0.3, 0.4) is 0 Å². The van der Waals surface area contributed by atoms with E-state index in [2.05, 4.69) is 4.90 Å². The standard InChI is InChI=1S/C15H20ClNO4/c1-9-11(15(18)19)6-7-17(9)8-10-4-5-12(20-2)14(21-3)13(10)16/h4-5,9,11H,6-8H2,1-3H3,(H,18,19). The quantitative estimate of drug-likeness (QED) is 0.905. The third-order valence-electron chi connectivity index (χ3n) is 4.14. The maximum absolute atomic E-state index is 11.2. The fourth-order valence-electron chi connectivity index (χ4n) is 2.83. The summed E-state index contributed by atoms with van der Waals surface area (Å²) in [4.78, 5) is 13.3. The number of benzene rings is 1. The first-order valence-corrected chi connectivity index (χ1v) is 7.23. The number of hydrogen-bond donors (Lipinski definition) is 1. The summed E-state index contributed by atoms with van der Waals surface area (Å²) >= 11 is 6.37. The van der Waals surface area contributed by atoms with Gasteiger partial charge >= 0.3 is 5.97 Å². The van der Waals surface area contributed by atoms with E-state index in [9.17, 15) is 9.90 Å². The lowest BCUT2D eigenvalue weighted by atomic mass is 10.0. The van der Waals surface area contributed by atoms with E-state index in [0.717, 1.165) is 12.1 Å². The number of likely N-dealkylation sites (tertiary alicyclic amines) is 1. The molecule has 21 heavy (non-hydrogen) atoms. The SMILES string of the molecule is COc1ccc(CN2CCC(C(=O)O)C2C)c(Cl)c1OC. The molecule has 1 aliphatic rings. The van der Waals surface area contributed by atoms with Crippen LogP contribution in [-0.4, -0.2) is 42.8 Å². The van der Waals surface area contributed by atoms with E-state index >= 15 is 0 Å². The zero-order valence-corrected chi connectivity index (χ0v) is 13.2. The Hall–Kier alpha value is -1.46. The first kappa shape index (κ1) is 15.9. The number of aliphatic carboxylic acids is 1. The van der Waals surface area contributed by atoms with E-state index in [4.69, 9.17) is 21.1 Å². The van der Waals surface area contributed by atoms with Crippen LogP contribution in [-0.2, 0) is 11.3 Å². The van der Waals surface area contributed by atoms with Gasteiger partial charge in [0.2, 0.25) is 0 Å². The van der Waals surface area contributed by atoms with Gasteiger partial charge in [-0.1, -0.05) is 17.7 Å². The molecule has 2 rings (SSSR count). The molecule has 0 saturated carbocycles. The molecule has 0 radical (unpaired) electrons. The molecule has 116 valence electrons. The fraction of sp³-hybridized carbons (Fsp3) is 0.533. The summed E-state index contributed by atoms with van der Waals surface area (Å²) in [7, 11) is 3.11. The minimum absolute atomic E-state index is 0.00772. The van der Waals surface area contributed by atoms with E-state index < -0.39 is 5.97 Å². The van der Waals surface area contributed by atoms with Crippen LogP contribution < -0.4 is 9.47 Å². The van der Waals surface area contributed by atoms with Gasteiger partial charge in [0.25, 0.3) is 0 Å². The van der Waals surface area contributed by atoms with Gasteiger partial charge in [0.15, 0.2) is 11.5 Å². The van der Waals surface area contributed by atoms with Gasteiger partial charge in [-0.15, -0.1) is 0 Å². The third-order valence-corrected chi connectivity index (χ3v) is 4.56. The van der Waals surface area contributed by atoms with Crippen molar-refractivity contribution in [3.05, 3.63) is 22.7 Å². The highest BCUT2D eigenvalue weighted by atomic mass is 35.5. The molecule has 1 N–H and O–H groups in total. The highest BCUT2D eigenvalue weighted by molar-refractivity contribution is 6.33. The summed E-state index contributed by atoms with van der Waals surface area (Å²) in [6.45, 7) is 3.30. The Balaban J connectivity index is 2.19. The van der Waals surface area contributed by atoms with Crippen LogP contribution in [0.5, 0.6) is 11.5 Å². The summed E-state index contributed by atoms with van der Waals surface area (Å²) in [5, 5.41) is 9.70. The summed E-state index contributed by atoms with van der Waals surface area (Å²) in [5.74, 6) is 0.0507. The molecular weight excluding hydrogens is 294 g/mol. The summed E-state index contributed by atoms with van der Waals surface area (Å²) in [6, 6.07) is 3.70. The van der Waals surface area contributed by atoms with Gasteiger partial charge in [-0.25, -0.2) is 0 Å². The summed E-state index contributed by atoms with van der Waals surface area (Å²) in [6.07, 6.45) is 0.668. The van der Waals surface area contributed by atoms with Gasteiger partial charge in [0.1, 0.15) is 0 Å². The number of halogens is 1. The number of rotatable bonds is 5. The molecule has 1 fully saturated rings. The molecule has 0 spiro atoms. The Labute approximate surface area is 129 Å². The molecule has 2 atom stereocenters. The van der Waals surface area contributed by atoms with E-state index in [1.807, 2.05) is 19.1 Å². The van der Waals surface area contributed by atoms with Gasteiger partial charge < -0.3 is 14.6 Å². The monoisotopic (exact) mass is 313 g/mol. The zero-order valence-electron chi connectivity index (χ0n) is 12.4. The molecule has 0 aliphatic carbocycles. The van der Waals surface area contributed by atoms with E-state index in [1.54, 1.807) is 14.2 Å². The van der Waals surface area contributed by atoms with E-state index in [-0.39, 0.29) is 12.0 Å². The van der Waals surface area contributed by atoms with Crippen LogP contribution in [0.1, 0.15) is 18.9 Å². The van der Waals surface area contributed by atoms with Crippen LogP contribution in [0.25, 0.3) is 0 Å². The van der Waals surface area contributed by atoms with Crippen molar-refractivity contribution in [3.8, 4) is 11.5 Å². The fourth-order valence-corrected chi connectivity index (χ4v) is 3.12. The minimum atomic E-state index is -0.733. The van der Waals surface area contributed by atoms with Crippen LogP contribution >= 0.6 is 11.6 Å². The smallest absolute Gasteiger partial charge is 0.308 e. The van der Waals surface area contributed by atoms with Crippen molar-refractivity contribution in [2.45, 2.75) is 25.9 Å². The van der Waals surface area contributed by atoms with Gasteiger partial charge in [-0.3, -0.25) is 9.69 Å². The van der Waals surface area contributed by atoms with Crippen molar-refractivity contribution in [3.63, 3.8) is 0 Å². The molecule has 0 bridgehead atoms. The predicted molar refractivity (Wildman–Crippen MR) is 80.2 cm³/mol. The predicted octanol–water partition coefficient (Wildman–Crippen LogP) is 2.65. The largest absolute Gasteiger partial charge is 0.493 e. The van der Waals surface area contributed by atoms with Crippen LogP contribution in [0.15, 0.2) is 12.1 Å². The highest BCUT2D eigenvalue weighted by Crippen LogP contribution is 2.38. The van der Waals surface area contributed by atoms with Crippen LogP contribution in [0.2, 0.25) is 5.02 Å². The maximum Gasteiger partial charge on any atom is 0.308 e. The summed E-state index contributed by atoms with van der Waals surface area (Å²) in [5.41, 5.74) is 0.909. The number of ether oxygens (including phenoxy) is 2. The Morgan fingerprint density at radius 1 is 1.43 bits per heavy atom. The molecule has 5 nitrogen and oxygen atoms in total. The lowest BCUT2D eigenvalue weighted by Crippen LogP contribution is -2.32. The molecule has 1 aromatic carbocycles. The van der Waals surface area contributed by atoms with Crippen molar-refractivity contribution in [2.24, 2.45) is 5.92 Å². The molecular formula is C15H20ClNO4.